The van der Waals surface area contributed by atoms with E-state index < -0.39 is 5.97 Å². The molecule has 0 unspecified atom stereocenters. The Balaban J connectivity index is 1.47. The quantitative estimate of drug-likeness (QED) is 0.729. The summed E-state index contributed by atoms with van der Waals surface area (Å²) in [6, 6.07) is 9.17. The van der Waals surface area contributed by atoms with E-state index >= 15 is 0 Å². The number of amides is 1. The fourth-order valence-corrected chi connectivity index (χ4v) is 3.99. The summed E-state index contributed by atoms with van der Waals surface area (Å²) < 4.78 is 5.15. The third kappa shape index (κ3) is 3.12. The number of carboxylic acids is 1. The molecule has 4 rings (SSSR count). The molecular formula is C21H22N2O4. The van der Waals surface area contributed by atoms with Gasteiger partial charge in [-0.25, -0.2) is 4.79 Å². The number of carbonyl (C=O) groups is 2. The largest absolute Gasteiger partial charge is 0.475 e. The van der Waals surface area contributed by atoms with Crippen LogP contribution in [0.2, 0.25) is 0 Å². The van der Waals surface area contributed by atoms with Crippen molar-refractivity contribution in [3.8, 4) is 0 Å². The Morgan fingerprint density at radius 1 is 1.19 bits per heavy atom. The van der Waals surface area contributed by atoms with Crippen molar-refractivity contribution in [1.29, 1.82) is 0 Å². The summed E-state index contributed by atoms with van der Waals surface area (Å²) in [7, 11) is 0. The van der Waals surface area contributed by atoms with Crippen LogP contribution in [0.3, 0.4) is 0 Å². The number of H-pyrrole nitrogens is 1. The van der Waals surface area contributed by atoms with E-state index in [9.17, 15) is 9.59 Å². The molecule has 2 aromatic heterocycles. The molecule has 1 aliphatic heterocycles. The molecule has 3 heterocycles. The number of carbonyl (C=O) groups excluding carboxylic acids is 1. The van der Waals surface area contributed by atoms with Crippen LogP contribution < -0.4 is 0 Å². The number of aryl methyl sites for hydroxylation is 1. The minimum atomic E-state index is -1.17. The van der Waals surface area contributed by atoms with Crippen LogP contribution in [0.1, 0.15) is 57.9 Å². The number of aromatic amines is 1. The maximum absolute atomic E-state index is 12.6. The van der Waals surface area contributed by atoms with E-state index in [0.29, 0.717) is 19.0 Å². The molecule has 1 saturated heterocycles. The highest BCUT2D eigenvalue weighted by Gasteiger charge is 2.28. The molecule has 3 aromatic rings. The average Bonchev–Trinajstić information content (AvgIpc) is 3.35. The number of aromatic nitrogens is 1. The Morgan fingerprint density at radius 3 is 2.59 bits per heavy atom. The van der Waals surface area contributed by atoms with E-state index in [1.807, 2.05) is 0 Å². The van der Waals surface area contributed by atoms with Gasteiger partial charge in [-0.15, -0.1) is 0 Å². The number of hydrogen-bond donors (Lipinski definition) is 2. The van der Waals surface area contributed by atoms with Crippen LogP contribution in [0.4, 0.5) is 0 Å². The van der Waals surface area contributed by atoms with Gasteiger partial charge in [-0.05, 0) is 48.4 Å². The number of carboxylic acid groups (broad SMARTS) is 1. The number of fused-ring (bicyclic) bond motifs is 1. The van der Waals surface area contributed by atoms with Gasteiger partial charge in [-0.2, -0.15) is 0 Å². The van der Waals surface area contributed by atoms with Gasteiger partial charge in [0.15, 0.2) is 5.76 Å². The first-order chi connectivity index (χ1) is 13.1. The number of nitrogens with one attached hydrogen (secondary N) is 1. The topological polar surface area (TPSA) is 86.5 Å². The molecule has 1 fully saturated rings. The second kappa shape index (κ2) is 6.95. The summed E-state index contributed by atoms with van der Waals surface area (Å²) in [6.45, 7) is 3.42. The molecule has 0 spiro atoms. The SMILES string of the molecule is CCc1cccc2c(C3CCN(C(=O)c4ccc(C(=O)O)o4)CC3)c[nH]c12. The van der Waals surface area contributed by atoms with Crippen LogP contribution in [-0.2, 0) is 6.42 Å². The van der Waals surface area contributed by atoms with Gasteiger partial charge in [-0.1, -0.05) is 25.1 Å². The van der Waals surface area contributed by atoms with Gasteiger partial charge in [0.2, 0.25) is 5.76 Å². The number of likely N-dealkylation sites (tertiary alicyclic amines) is 1. The summed E-state index contributed by atoms with van der Waals surface area (Å²) in [5.74, 6) is -1.13. The molecule has 0 saturated carbocycles. The Morgan fingerprint density at radius 2 is 1.93 bits per heavy atom. The molecule has 1 aromatic carbocycles. The molecule has 0 radical (unpaired) electrons. The molecular weight excluding hydrogens is 344 g/mol. The lowest BCUT2D eigenvalue weighted by Crippen LogP contribution is -2.37. The van der Waals surface area contributed by atoms with Gasteiger partial charge >= 0.3 is 5.97 Å². The molecule has 0 bridgehead atoms. The number of aromatic carboxylic acids is 1. The number of nitrogens with zero attached hydrogens (tertiary/aromatic N) is 1. The van der Waals surface area contributed by atoms with Crippen molar-refractivity contribution < 1.29 is 19.1 Å². The first-order valence-electron chi connectivity index (χ1n) is 9.29. The number of benzene rings is 1. The highest BCUT2D eigenvalue weighted by molar-refractivity contribution is 5.93. The predicted octanol–water partition coefficient (Wildman–Crippen LogP) is 4.04. The number of hydrogen-bond acceptors (Lipinski definition) is 3. The Bertz CT molecular complexity index is 993. The molecule has 140 valence electrons. The summed E-state index contributed by atoms with van der Waals surface area (Å²) in [6.07, 6.45) is 4.85. The second-order valence-electron chi connectivity index (χ2n) is 6.97. The van der Waals surface area contributed by atoms with Crippen molar-refractivity contribution in [3.05, 3.63) is 59.2 Å². The fourth-order valence-electron chi connectivity index (χ4n) is 3.99. The number of para-hydroxylation sites is 1. The van der Waals surface area contributed by atoms with Crippen LogP contribution in [0.15, 0.2) is 40.9 Å². The summed E-state index contributed by atoms with van der Waals surface area (Å²) in [5, 5.41) is 10.2. The Kier molecular flexibility index (Phi) is 4.48. The zero-order valence-electron chi connectivity index (χ0n) is 15.2. The summed E-state index contributed by atoms with van der Waals surface area (Å²) >= 11 is 0. The highest BCUT2D eigenvalue weighted by atomic mass is 16.4. The number of piperidine rings is 1. The zero-order valence-corrected chi connectivity index (χ0v) is 15.2. The van der Waals surface area contributed by atoms with Crippen LogP contribution in [0.25, 0.3) is 10.9 Å². The van der Waals surface area contributed by atoms with Gasteiger partial charge in [-0.3, -0.25) is 4.79 Å². The minimum Gasteiger partial charge on any atom is -0.475 e. The second-order valence-corrected chi connectivity index (χ2v) is 6.97. The molecule has 6 heteroatoms. The highest BCUT2D eigenvalue weighted by Crippen LogP contribution is 2.34. The van der Waals surface area contributed by atoms with E-state index in [2.05, 4.69) is 36.3 Å². The normalized spacial score (nSPS) is 15.4. The number of rotatable bonds is 4. The third-order valence-electron chi connectivity index (χ3n) is 5.46. The molecule has 0 atom stereocenters. The van der Waals surface area contributed by atoms with Gasteiger partial charge in [0.1, 0.15) is 0 Å². The molecule has 0 aliphatic carbocycles. The lowest BCUT2D eigenvalue weighted by Gasteiger charge is -2.31. The monoisotopic (exact) mass is 366 g/mol. The van der Waals surface area contributed by atoms with Crippen molar-refractivity contribution in [2.24, 2.45) is 0 Å². The van der Waals surface area contributed by atoms with Crippen molar-refractivity contribution in [3.63, 3.8) is 0 Å². The molecule has 27 heavy (non-hydrogen) atoms. The van der Waals surface area contributed by atoms with Crippen LogP contribution in [0.5, 0.6) is 0 Å². The molecule has 2 N–H and O–H groups in total. The smallest absolute Gasteiger partial charge is 0.371 e. The summed E-state index contributed by atoms with van der Waals surface area (Å²) in [4.78, 5) is 28.6. The van der Waals surface area contributed by atoms with E-state index in [0.717, 1.165) is 19.3 Å². The van der Waals surface area contributed by atoms with Gasteiger partial charge in [0.25, 0.3) is 5.91 Å². The first-order valence-corrected chi connectivity index (χ1v) is 9.29. The van der Waals surface area contributed by atoms with Crippen molar-refractivity contribution in [1.82, 2.24) is 9.88 Å². The van der Waals surface area contributed by atoms with E-state index in [4.69, 9.17) is 9.52 Å². The standard InChI is InChI=1S/C21H22N2O4/c1-2-13-4-3-5-15-16(12-22-19(13)15)14-8-10-23(11-9-14)20(24)17-6-7-18(27-17)21(25)26/h3-7,12,14,22H,2,8-11H2,1H3,(H,25,26). The van der Waals surface area contributed by atoms with Crippen LogP contribution >= 0.6 is 0 Å². The first kappa shape index (κ1) is 17.4. The fraction of sp³-hybridized carbons (Fsp3) is 0.333. The van der Waals surface area contributed by atoms with E-state index in [1.54, 1.807) is 4.90 Å². The molecule has 1 aliphatic rings. The zero-order chi connectivity index (χ0) is 19.0. The molecule has 6 nitrogen and oxygen atoms in total. The van der Waals surface area contributed by atoms with Crippen molar-refractivity contribution in [2.45, 2.75) is 32.1 Å². The van der Waals surface area contributed by atoms with Gasteiger partial charge < -0.3 is 19.4 Å². The predicted molar refractivity (Wildman–Crippen MR) is 101 cm³/mol. The van der Waals surface area contributed by atoms with E-state index in [1.165, 1.54) is 34.2 Å². The Labute approximate surface area is 156 Å². The van der Waals surface area contributed by atoms with Crippen LogP contribution in [-0.4, -0.2) is 40.0 Å². The Hall–Kier alpha value is -3.02. The van der Waals surface area contributed by atoms with Gasteiger partial charge in [0, 0.05) is 30.2 Å². The van der Waals surface area contributed by atoms with Crippen molar-refractivity contribution >= 4 is 22.8 Å². The van der Waals surface area contributed by atoms with E-state index in [-0.39, 0.29) is 17.4 Å². The minimum absolute atomic E-state index is 0.0885. The average molecular weight is 366 g/mol. The maximum Gasteiger partial charge on any atom is 0.371 e. The van der Waals surface area contributed by atoms with Gasteiger partial charge in [0.05, 0.1) is 0 Å². The third-order valence-corrected chi connectivity index (χ3v) is 5.46. The lowest BCUT2D eigenvalue weighted by atomic mass is 9.88. The summed E-state index contributed by atoms with van der Waals surface area (Å²) in [5.41, 5.74) is 3.85. The molecule has 1 amide bonds. The lowest BCUT2D eigenvalue weighted by molar-refractivity contribution is 0.0639. The maximum atomic E-state index is 12.6. The van der Waals surface area contributed by atoms with Crippen molar-refractivity contribution in [2.75, 3.05) is 13.1 Å². The van der Waals surface area contributed by atoms with Crippen LogP contribution in [0, 0.1) is 0 Å². The number of furan rings is 1.